The Morgan fingerprint density at radius 2 is 2.09 bits per heavy atom. The molecule has 0 bridgehead atoms. The number of rotatable bonds is 6. The molecule has 0 amide bonds. The van der Waals surface area contributed by atoms with Crippen LogP contribution in [0.1, 0.15) is 29.2 Å². The van der Waals surface area contributed by atoms with Gasteiger partial charge in [-0.1, -0.05) is 35.9 Å². The number of para-hydroxylation sites is 1. The summed E-state index contributed by atoms with van der Waals surface area (Å²) < 4.78 is 5.58. The Hall–Kier alpha value is -1.55. The molecule has 0 fully saturated rings. The van der Waals surface area contributed by atoms with Crippen molar-refractivity contribution in [2.75, 3.05) is 13.2 Å². The van der Waals surface area contributed by atoms with Crippen LogP contribution < -0.4 is 10.1 Å². The predicted molar refractivity (Wildman–Crippen MR) is 88.4 cm³/mol. The van der Waals surface area contributed by atoms with Crippen LogP contribution in [0.4, 0.5) is 0 Å². The number of ether oxygens (including phenoxy) is 1. The van der Waals surface area contributed by atoms with Crippen LogP contribution in [-0.4, -0.2) is 18.3 Å². The van der Waals surface area contributed by atoms with Gasteiger partial charge < -0.3 is 15.2 Å². The van der Waals surface area contributed by atoms with Gasteiger partial charge in [-0.05, 0) is 42.2 Å². The normalized spacial score (nSPS) is 16.5. The zero-order valence-corrected chi connectivity index (χ0v) is 13.1. The summed E-state index contributed by atoms with van der Waals surface area (Å²) in [6.45, 7) is 1.09. The summed E-state index contributed by atoms with van der Waals surface area (Å²) in [6, 6.07) is 14.4. The first-order valence-electron chi connectivity index (χ1n) is 7.61. The molecule has 3 nitrogen and oxygen atoms in total. The van der Waals surface area contributed by atoms with Crippen LogP contribution in [0.2, 0.25) is 5.02 Å². The average molecular weight is 318 g/mol. The number of hydrogen-bond donors (Lipinski definition) is 2. The van der Waals surface area contributed by atoms with E-state index in [0.29, 0.717) is 12.6 Å². The first-order valence-corrected chi connectivity index (χ1v) is 7.99. The third-order valence-electron chi connectivity index (χ3n) is 4.04. The SMILES string of the molecule is OCCOc1ccccc1CNC1CCc2cc(Cl)ccc21. The van der Waals surface area contributed by atoms with Crippen molar-refractivity contribution in [1.82, 2.24) is 5.32 Å². The van der Waals surface area contributed by atoms with Crippen LogP contribution in [0, 0.1) is 0 Å². The average Bonchev–Trinajstić information content (AvgIpc) is 2.93. The summed E-state index contributed by atoms with van der Waals surface area (Å²) >= 11 is 6.06. The van der Waals surface area contributed by atoms with Crippen molar-refractivity contribution < 1.29 is 9.84 Å². The van der Waals surface area contributed by atoms with Crippen molar-refractivity contribution >= 4 is 11.6 Å². The number of hydrogen-bond acceptors (Lipinski definition) is 3. The number of benzene rings is 2. The van der Waals surface area contributed by atoms with E-state index in [-0.39, 0.29) is 6.61 Å². The van der Waals surface area contributed by atoms with E-state index in [9.17, 15) is 0 Å². The molecule has 0 spiro atoms. The van der Waals surface area contributed by atoms with Crippen molar-refractivity contribution in [1.29, 1.82) is 0 Å². The monoisotopic (exact) mass is 317 g/mol. The molecule has 0 aliphatic heterocycles. The van der Waals surface area contributed by atoms with Gasteiger partial charge in [0.2, 0.25) is 0 Å². The summed E-state index contributed by atoms with van der Waals surface area (Å²) in [6.07, 6.45) is 2.16. The summed E-state index contributed by atoms with van der Waals surface area (Å²) in [7, 11) is 0. The van der Waals surface area contributed by atoms with Crippen molar-refractivity contribution in [3.05, 3.63) is 64.2 Å². The second-order valence-electron chi connectivity index (χ2n) is 5.50. The molecule has 0 radical (unpaired) electrons. The van der Waals surface area contributed by atoms with E-state index >= 15 is 0 Å². The van der Waals surface area contributed by atoms with Crippen molar-refractivity contribution in [3.63, 3.8) is 0 Å². The van der Waals surface area contributed by atoms with Gasteiger partial charge >= 0.3 is 0 Å². The lowest BCUT2D eigenvalue weighted by molar-refractivity contribution is 0.200. The molecule has 1 atom stereocenters. The van der Waals surface area contributed by atoms with Gasteiger partial charge in [0, 0.05) is 23.2 Å². The highest BCUT2D eigenvalue weighted by Gasteiger charge is 2.22. The zero-order chi connectivity index (χ0) is 15.4. The summed E-state index contributed by atoms with van der Waals surface area (Å²) in [5, 5.41) is 13.3. The number of halogens is 1. The molecule has 1 aliphatic carbocycles. The second kappa shape index (κ2) is 7.14. The molecular formula is C18H20ClNO2. The Bertz CT molecular complexity index is 645. The standard InChI is InChI=1S/C18H20ClNO2/c19-15-6-7-16-13(11-15)5-8-17(16)20-12-14-3-1-2-4-18(14)22-10-9-21/h1-4,6-7,11,17,20-21H,5,8-10,12H2. The molecular weight excluding hydrogens is 298 g/mol. The number of aliphatic hydroxyl groups excluding tert-OH is 1. The van der Waals surface area contributed by atoms with Gasteiger partial charge in [-0.2, -0.15) is 0 Å². The minimum Gasteiger partial charge on any atom is -0.491 e. The molecule has 0 heterocycles. The highest BCUT2D eigenvalue weighted by Crippen LogP contribution is 2.33. The molecule has 3 rings (SSSR count). The zero-order valence-electron chi connectivity index (χ0n) is 12.4. The van der Waals surface area contributed by atoms with Crippen LogP contribution in [0.3, 0.4) is 0 Å². The smallest absolute Gasteiger partial charge is 0.123 e. The molecule has 0 saturated carbocycles. The Morgan fingerprint density at radius 1 is 1.23 bits per heavy atom. The van der Waals surface area contributed by atoms with E-state index in [2.05, 4.69) is 23.5 Å². The van der Waals surface area contributed by atoms with Gasteiger partial charge in [0.1, 0.15) is 12.4 Å². The lowest BCUT2D eigenvalue weighted by atomic mass is 10.1. The van der Waals surface area contributed by atoms with Gasteiger partial charge in [-0.15, -0.1) is 0 Å². The highest BCUT2D eigenvalue weighted by atomic mass is 35.5. The maximum atomic E-state index is 8.90. The molecule has 2 N–H and O–H groups in total. The summed E-state index contributed by atoms with van der Waals surface area (Å²) in [5.41, 5.74) is 3.80. The maximum Gasteiger partial charge on any atom is 0.123 e. The fourth-order valence-electron chi connectivity index (χ4n) is 2.98. The van der Waals surface area contributed by atoms with Crippen molar-refractivity contribution in [3.8, 4) is 5.75 Å². The fraction of sp³-hybridized carbons (Fsp3) is 0.333. The van der Waals surface area contributed by atoms with Crippen LogP contribution in [0.5, 0.6) is 5.75 Å². The molecule has 22 heavy (non-hydrogen) atoms. The summed E-state index contributed by atoms with van der Waals surface area (Å²) in [4.78, 5) is 0. The summed E-state index contributed by atoms with van der Waals surface area (Å²) in [5.74, 6) is 0.832. The van der Waals surface area contributed by atoms with Crippen LogP contribution in [0.25, 0.3) is 0 Å². The topological polar surface area (TPSA) is 41.5 Å². The van der Waals surface area contributed by atoms with Crippen LogP contribution >= 0.6 is 11.6 Å². The molecule has 0 saturated heterocycles. The van der Waals surface area contributed by atoms with Crippen molar-refractivity contribution in [2.45, 2.75) is 25.4 Å². The van der Waals surface area contributed by atoms with E-state index in [1.807, 2.05) is 24.3 Å². The van der Waals surface area contributed by atoms with Gasteiger partial charge in [0.15, 0.2) is 0 Å². The Balaban J connectivity index is 1.67. The molecule has 116 valence electrons. The first-order chi connectivity index (χ1) is 10.8. The van der Waals surface area contributed by atoms with Gasteiger partial charge in [-0.25, -0.2) is 0 Å². The molecule has 1 unspecified atom stereocenters. The lowest BCUT2D eigenvalue weighted by Crippen LogP contribution is -2.19. The molecule has 4 heteroatoms. The van der Waals surface area contributed by atoms with Gasteiger partial charge in [-0.3, -0.25) is 0 Å². The molecule has 0 aromatic heterocycles. The maximum absolute atomic E-state index is 8.90. The fourth-order valence-corrected chi connectivity index (χ4v) is 3.17. The minimum atomic E-state index is 0.0263. The molecule has 1 aliphatic rings. The van der Waals surface area contributed by atoms with E-state index in [0.717, 1.165) is 35.7 Å². The largest absolute Gasteiger partial charge is 0.491 e. The Labute approximate surface area is 135 Å². The van der Waals surface area contributed by atoms with Gasteiger partial charge in [0.25, 0.3) is 0 Å². The Morgan fingerprint density at radius 3 is 2.95 bits per heavy atom. The van der Waals surface area contributed by atoms with Crippen molar-refractivity contribution in [2.24, 2.45) is 0 Å². The second-order valence-corrected chi connectivity index (χ2v) is 5.93. The first kappa shape index (κ1) is 15.3. The van der Waals surface area contributed by atoms with E-state index < -0.39 is 0 Å². The quantitative estimate of drug-likeness (QED) is 0.857. The number of aryl methyl sites for hydroxylation is 1. The number of fused-ring (bicyclic) bond motifs is 1. The number of aliphatic hydroxyl groups is 1. The highest BCUT2D eigenvalue weighted by molar-refractivity contribution is 6.30. The molecule has 2 aromatic carbocycles. The van der Waals surface area contributed by atoms with E-state index in [1.165, 1.54) is 11.1 Å². The number of nitrogens with one attached hydrogen (secondary N) is 1. The van der Waals surface area contributed by atoms with Gasteiger partial charge in [0.05, 0.1) is 6.61 Å². The predicted octanol–water partition coefficient (Wildman–Crippen LogP) is 3.49. The Kier molecular flexibility index (Phi) is 4.98. The van der Waals surface area contributed by atoms with Crippen LogP contribution in [-0.2, 0) is 13.0 Å². The van der Waals surface area contributed by atoms with E-state index in [1.54, 1.807) is 0 Å². The minimum absolute atomic E-state index is 0.0263. The van der Waals surface area contributed by atoms with E-state index in [4.69, 9.17) is 21.4 Å². The third kappa shape index (κ3) is 3.43. The van der Waals surface area contributed by atoms with Crippen LogP contribution in [0.15, 0.2) is 42.5 Å². The lowest BCUT2D eigenvalue weighted by Gasteiger charge is -2.16. The molecule has 2 aromatic rings. The third-order valence-corrected chi connectivity index (χ3v) is 4.28.